The topological polar surface area (TPSA) is 92.6 Å². The number of allylic oxidation sites excluding steroid dienone is 7. The van der Waals surface area contributed by atoms with E-state index in [1.807, 2.05) is 19.9 Å². The number of nitrogens with one attached hydrogen (secondary N) is 1. The van der Waals surface area contributed by atoms with Crippen LogP contribution < -0.4 is 16.8 Å². The summed E-state index contributed by atoms with van der Waals surface area (Å²) >= 11 is 0. The highest BCUT2D eigenvalue weighted by molar-refractivity contribution is 5.88. The summed E-state index contributed by atoms with van der Waals surface area (Å²) < 4.78 is 0. The first-order valence-corrected chi connectivity index (χ1v) is 32.0. The molecule has 0 atom stereocenters. The summed E-state index contributed by atoms with van der Waals surface area (Å²) in [6, 6.07) is 0. The lowest BCUT2D eigenvalue weighted by Crippen LogP contribution is -2.16. The van der Waals surface area contributed by atoms with Crippen LogP contribution in [0.3, 0.4) is 0 Å². The normalized spacial score (nSPS) is 12.1. The van der Waals surface area contributed by atoms with Crippen LogP contribution in [0.5, 0.6) is 0 Å². The lowest BCUT2D eigenvalue weighted by molar-refractivity contribution is 0.342. The molecular weight excluding hydrogens is 925 g/mol. The Morgan fingerprint density at radius 3 is 1.59 bits per heavy atom. The number of aryl methyl sites for hydroxylation is 1. The predicted molar refractivity (Wildman–Crippen MR) is 351 cm³/mol. The van der Waals surface area contributed by atoms with Crippen molar-refractivity contribution in [3.8, 4) is 0 Å². The molecule has 1 aromatic heterocycles. The SMILES string of the molecule is C=C.C=C(CCCCCN(C)C)CC(C)(C)CC.C=CCCCCCCCCNCCCCCCCCCCC/C=C/CCCCCC.CC(CN)=Nc1c(N)nc2c(c1C)C=CCC2.CCC/C=C/CCCCCC. The minimum atomic E-state index is 0.436. The van der Waals surface area contributed by atoms with Crippen LogP contribution in [-0.4, -0.2) is 55.9 Å². The van der Waals surface area contributed by atoms with Gasteiger partial charge in [0.15, 0.2) is 0 Å². The highest BCUT2D eigenvalue weighted by atomic mass is 15.0. The van der Waals surface area contributed by atoms with Gasteiger partial charge in [0.2, 0.25) is 0 Å². The molecule has 1 aliphatic carbocycles. The van der Waals surface area contributed by atoms with Crippen molar-refractivity contribution in [1.82, 2.24) is 15.2 Å². The largest absolute Gasteiger partial charge is 0.382 e. The maximum atomic E-state index is 5.97. The van der Waals surface area contributed by atoms with Crippen molar-refractivity contribution in [1.29, 1.82) is 0 Å². The number of hydrogen-bond acceptors (Lipinski definition) is 6. The van der Waals surface area contributed by atoms with Crippen molar-refractivity contribution < 1.29 is 0 Å². The van der Waals surface area contributed by atoms with Crippen molar-refractivity contribution in [2.24, 2.45) is 16.1 Å². The lowest BCUT2D eigenvalue weighted by Gasteiger charge is -2.23. The minimum absolute atomic E-state index is 0.436. The smallest absolute Gasteiger partial charge is 0.149 e. The molecule has 0 radical (unpaired) electrons. The molecule has 6 nitrogen and oxygen atoms in total. The van der Waals surface area contributed by atoms with Gasteiger partial charge < -0.3 is 21.7 Å². The summed E-state index contributed by atoms with van der Waals surface area (Å²) in [7, 11) is 4.28. The zero-order valence-electron chi connectivity index (χ0n) is 52.9. The van der Waals surface area contributed by atoms with Gasteiger partial charge in [-0.3, -0.25) is 4.99 Å². The number of nitrogens with two attached hydrogens (primary N) is 2. The fraction of sp³-hybridized carbons (Fsp3) is 0.743. The van der Waals surface area contributed by atoms with Gasteiger partial charge in [-0.25, -0.2) is 4.98 Å². The molecular formula is C70H132N6. The van der Waals surface area contributed by atoms with E-state index in [1.54, 1.807) is 0 Å². The Hall–Kier alpha value is -3.06. The second-order valence-electron chi connectivity index (χ2n) is 22.7. The fourth-order valence-corrected chi connectivity index (χ4v) is 9.01. The molecule has 0 unspecified atom stereocenters. The zero-order chi connectivity index (χ0) is 57.2. The van der Waals surface area contributed by atoms with Crippen LogP contribution in [0.4, 0.5) is 11.5 Å². The molecule has 1 aromatic rings. The van der Waals surface area contributed by atoms with Gasteiger partial charge in [-0.1, -0.05) is 225 Å². The van der Waals surface area contributed by atoms with Gasteiger partial charge in [0, 0.05) is 17.8 Å². The first-order chi connectivity index (χ1) is 36.8. The first-order valence-electron chi connectivity index (χ1n) is 32.0. The van der Waals surface area contributed by atoms with Crippen LogP contribution in [0.15, 0.2) is 73.3 Å². The van der Waals surface area contributed by atoms with E-state index in [4.69, 9.17) is 11.5 Å². The third kappa shape index (κ3) is 53.0. The number of nitrogen functional groups attached to an aromatic ring is 1. The summed E-state index contributed by atoms with van der Waals surface area (Å²) in [5, 5.41) is 3.63. The Balaban J connectivity index is -0.000000988. The van der Waals surface area contributed by atoms with Crippen molar-refractivity contribution >= 4 is 23.3 Å². The summed E-state index contributed by atoms with van der Waals surface area (Å²) in [6.07, 6.45) is 65.3. The molecule has 0 bridgehead atoms. The molecule has 2 rings (SSSR count). The number of anilines is 1. The quantitative estimate of drug-likeness (QED) is 0.0344. The van der Waals surface area contributed by atoms with Crippen LogP contribution in [0.25, 0.3) is 6.08 Å². The Morgan fingerprint density at radius 1 is 0.671 bits per heavy atom. The van der Waals surface area contributed by atoms with Gasteiger partial charge in [0.1, 0.15) is 11.5 Å². The summed E-state index contributed by atoms with van der Waals surface area (Å²) in [6.45, 7) is 35.7. The van der Waals surface area contributed by atoms with Crippen LogP contribution >= 0.6 is 0 Å². The number of aromatic nitrogens is 1. The molecule has 0 saturated carbocycles. The molecule has 5 N–H and O–H groups in total. The number of pyridine rings is 1. The number of nitrogens with zero attached hydrogens (tertiary/aromatic N) is 3. The van der Waals surface area contributed by atoms with Crippen molar-refractivity contribution in [2.45, 2.75) is 293 Å². The lowest BCUT2D eigenvalue weighted by atomic mass is 9.82. The van der Waals surface area contributed by atoms with Crippen LogP contribution in [0.2, 0.25) is 0 Å². The summed E-state index contributed by atoms with van der Waals surface area (Å²) in [4.78, 5) is 11.2. The monoisotopic (exact) mass is 1060 g/mol. The molecule has 0 amide bonds. The number of unbranched alkanes of at least 4 members (excludes halogenated alkanes) is 26. The Kier molecular flexibility index (Phi) is 60.5. The van der Waals surface area contributed by atoms with Crippen molar-refractivity contribution in [3.63, 3.8) is 0 Å². The molecule has 0 saturated heterocycles. The number of rotatable bonds is 44. The standard InChI is InChI=1S/C29H57N.C15H31N.C13H18N4.C11H22.C2H4/c1-3-5-7-9-11-13-14-15-16-17-18-19-20-21-23-25-27-29-30-28-26-24-22-12-10-8-6-4-2;1-7-15(3,4)13-14(2)11-9-8-10-12-16(5)6;1-8(7-14)16-12-9(2)10-5-3-4-6-11(10)17-13(12)15;1-3-5-7-9-11-10-8-6-4-2;1-2/h4,13-14,30H,2-3,5-12,15-29H2,1H3;2,7-13H2,1,3-6H3;3,5H,4,6-7,14H2,1-2H3,(H2,15,17);7,9H,3-6,8,10-11H2,1-2H3;1-2H2/b14-13+;;;9-7+;. The van der Waals surface area contributed by atoms with E-state index in [0.29, 0.717) is 17.8 Å². The fourth-order valence-electron chi connectivity index (χ4n) is 9.01. The van der Waals surface area contributed by atoms with E-state index in [-0.39, 0.29) is 0 Å². The van der Waals surface area contributed by atoms with Crippen molar-refractivity contribution in [2.75, 3.05) is 46.0 Å². The van der Waals surface area contributed by atoms with E-state index >= 15 is 0 Å². The molecule has 6 heteroatoms. The predicted octanol–water partition coefficient (Wildman–Crippen LogP) is 21.5. The Morgan fingerprint density at radius 2 is 1.13 bits per heavy atom. The van der Waals surface area contributed by atoms with E-state index < -0.39 is 0 Å². The molecule has 0 spiro atoms. The third-order valence-corrected chi connectivity index (χ3v) is 14.3. The summed E-state index contributed by atoms with van der Waals surface area (Å²) in [5.41, 5.74) is 18.4. The number of fused-ring (bicyclic) bond motifs is 1. The van der Waals surface area contributed by atoms with E-state index in [9.17, 15) is 0 Å². The number of aliphatic imine (C=N–C) groups is 1. The number of hydrogen-bond donors (Lipinski definition) is 3. The highest BCUT2D eigenvalue weighted by Gasteiger charge is 2.16. The Bertz CT molecular complexity index is 1550. The molecule has 442 valence electrons. The van der Waals surface area contributed by atoms with E-state index in [0.717, 1.165) is 41.1 Å². The highest BCUT2D eigenvalue weighted by Crippen LogP contribution is 2.33. The molecule has 76 heavy (non-hydrogen) atoms. The van der Waals surface area contributed by atoms with Gasteiger partial charge in [0.05, 0.1) is 5.69 Å². The van der Waals surface area contributed by atoms with Gasteiger partial charge in [0.25, 0.3) is 0 Å². The molecule has 0 fully saturated rings. The van der Waals surface area contributed by atoms with Gasteiger partial charge >= 0.3 is 0 Å². The third-order valence-electron chi connectivity index (χ3n) is 14.3. The first kappa shape index (κ1) is 77.2. The van der Waals surface area contributed by atoms with Crippen LogP contribution in [0, 0.1) is 12.3 Å². The average molecular weight is 1060 g/mol. The maximum Gasteiger partial charge on any atom is 0.149 e. The minimum Gasteiger partial charge on any atom is -0.382 e. The molecule has 1 aliphatic rings. The molecule has 0 aromatic carbocycles. The maximum absolute atomic E-state index is 5.97. The van der Waals surface area contributed by atoms with Gasteiger partial charge in [-0.2, -0.15) is 0 Å². The molecule has 1 heterocycles. The van der Waals surface area contributed by atoms with E-state index in [2.05, 4.69) is 139 Å². The van der Waals surface area contributed by atoms with Gasteiger partial charge in [-0.15, -0.1) is 19.7 Å². The second kappa shape index (κ2) is 59.6. The van der Waals surface area contributed by atoms with Crippen LogP contribution in [0.1, 0.15) is 296 Å². The Labute approximate surface area is 476 Å². The average Bonchev–Trinajstić information content (AvgIpc) is 3.41. The summed E-state index contributed by atoms with van der Waals surface area (Å²) in [5.74, 6) is 0.504. The van der Waals surface area contributed by atoms with E-state index in [1.165, 1.54) is 250 Å². The van der Waals surface area contributed by atoms with Crippen LogP contribution in [-0.2, 0) is 6.42 Å². The second-order valence-corrected chi connectivity index (χ2v) is 22.7. The molecule has 0 aliphatic heterocycles. The van der Waals surface area contributed by atoms with Gasteiger partial charge in [-0.05, 0) is 168 Å². The zero-order valence-corrected chi connectivity index (χ0v) is 52.9. The van der Waals surface area contributed by atoms with Crippen molar-refractivity contribution in [3.05, 3.63) is 85.2 Å².